The van der Waals surface area contributed by atoms with Gasteiger partial charge in [-0.15, -0.1) is 0 Å². The second-order valence-electron chi connectivity index (χ2n) is 6.96. The van der Waals surface area contributed by atoms with Crippen LogP contribution >= 0.6 is 0 Å². The number of hydrogen-bond donors (Lipinski definition) is 3. The molecular formula is C20H21F2N3O3. The summed E-state index contributed by atoms with van der Waals surface area (Å²) in [6.07, 6.45) is 3.79. The van der Waals surface area contributed by atoms with E-state index in [2.05, 4.69) is 15.6 Å². The number of pyridine rings is 1. The van der Waals surface area contributed by atoms with Crippen molar-refractivity contribution in [3.63, 3.8) is 0 Å². The topological polar surface area (TPSA) is 91.3 Å². The fraction of sp³-hybridized carbons (Fsp3) is 0.350. The Kier molecular flexibility index (Phi) is 5.87. The molecule has 1 aliphatic carbocycles. The number of nitrogens with zero attached hydrogens (tertiary/aromatic N) is 1. The highest BCUT2D eigenvalue weighted by atomic mass is 19.1. The number of carbonyl (C=O) groups is 2. The van der Waals surface area contributed by atoms with Gasteiger partial charge in [0.05, 0.1) is 6.20 Å². The van der Waals surface area contributed by atoms with Gasteiger partial charge >= 0.3 is 0 Å². The second-order valence-corrected chi connectivity index (χ2v) is 6.96. The lowest BCUT2D eigenvalue weighted by Gasteiger charge is -2.28. The van der Waals surface area contributed by atoms with E-state index in [4.69, 9.17) is 0 Å². The average molecular weight is 389 g/mol. The second kappa shape index (κ2) is 8.33. The Bertz CT molecular complexity index is 904. The van der Waals surface area contributed by atoms with E-state index in [1.54, 1.807) is 0 Å². The van der Waals surface area contributed by atoms with Crippen LogP contribution in [0.2, 0.25) is 0 Å². The number of rotatable bonds is 4. The SMILES string of the molecule is CC(=O)N[C@@H]1CCC[C@H](C(=O)Nc2cc(-c3ccc(F)cc3O)c(F)cn2)C1. The molecule has 0 saturated heterocycles. The molecule has 28 heavy (non-hydrogen) atoms. The highest BCUT2D eigenvalue weighted by molar-refractivity contribution is 5.92. The molecule has 6 nitrogen and oxygen atoms in total. The van der Waals surface area contributed by atoms with Gasteiger partial charge in [0.1, 0.15) is 23.2 Å². The lowest BCUT2D eigenvalue weighted by molar-refractivity contribution is -0.123. The minimum atomic E-state index is -0.705. The first-order chi connectivity index (χ1) is 13.3. The fourth-order valence-electron chi connectivity index (χ4n) is 3.52. The number of benzene rings is 1. The largest absolute Gasteiger partial charge is 0.507 e. The summed E-state index contributed by atoms with van der Waals surface area (Å²) in [6.45, 7) is 1.44. The molecule has 1 aliphatic rings. The highest BCUT2D eigenvalue weighted by Crippen LogP contribution is 2.33. The molecule has 3 rings (SSSR count). The molecule has 1 aromatic heterocycles. The van der Waals surface area contributed by atoms with Crippen molar-refractivity contribution >= 4 is 17.6 Å². The number of anilines is 1. The predicted molar refractivity (Wildman–Crippen MR) is 99.4 cm³/mol. The zero-order chi connectivity index (χ0) is 20.3. The van der Waals surface area contributed by atoms with Crippen molar-refractivity contribution in [3.8, 4) is 16.9 Å². The summed E-state index contributed by atoms with van der Waals surface area (Å²) in [4.78, 5) is 27.7. The van der Waals surface area contributed by atoms with E-state index in [-0.39, 0.29) is 40.7 Å². The Hall–Kier alpha value is -3.03. The Morgan fingerprint density at radius 2 is 1.96 bits per heavy atom. The van der Waals surface area contributed by atoms with E-state index in [1.807, 2.05) is 0 Å². The molecule has 8 heteroatoms. The first kappa shape index (κ1) is 19.7. The van der Waals surface area contributed by atoms with Gasteiger partial charge in [-0.1, -0.05) is 6.42 Å². The number of phenols is 1. The van der Waals surface area contributed by atoms with Crippen molar-refractivity contribution in [2.75, 3.05) is 5.32 Å². The summed E-state index contributed by atoms with van der Waals surface area (Å²) < 4.78 is 27.4. The standard InChI is InChI=1S/C20H21F2N3O3/c1-11(26)24-14-4-2-3-12(7-14)20(28)25-19-9-16(17(22)10-23-19)15-6-5-13(21)8-18(15)27/h5-6,8-10,12,14,27H,2-4,7H2,1H3,(H,24,26)(H,23,25,28)/t12-,14+/m0/s1. The van der Waals surface area contributed by atoms with E-state index < -0.39 is 17.4 Å². The van der Waals surface area contributed by atoms with Crippen LogP contribution in [0, 0.1) is 17.6 Å². The van der Waals surface area contributed by atoms with Crippen molar-refractivity contribution in [1.29, 1.82) is 0 Å². The Morgan fingerprint density at radius 3 is 2.68 bits per heavy atom. The molecule has 1 saturated carbocycles. The molecule has 1 aromatic carbocycles. The summed E-state index contributed by atoms with van der Waals surface area (Å²) in [5.74, 6) is -2.31. The maximum Gasteiger partial charge on any atom is 0.228 e. The molecule has 0 spiro atoms. The molecular weight excluding hydrogens is 368 g/mol. The van der Waals surface area contributed by atoms with Gasteiger partial charge in [0.15, 0.2) is 0 Å². The molecule has 1 fully saturated rings. The summed E-state index contributed by atoms with van der Waals surface area (Å²) in [7, 11) is 0. The van der Waals surface area contributed by atoms with Crippen molar-refractivity contribution in [2.45, 2.75) is 38.6 Å². The Balaban J connectivity index is 1.76. The Labute approximate surface area is 161 Å². The van der Waals surface area contributed by atoms with E-state index in [0.717, 1.165) is 31.2 Å². The normalized spacial score (nSPS) is 19.1. The van der Waals surface area contributed by atoms with Gasteiger partial charge in [0.2, 0.25) is 11.8 Å². The monoisotopic (exact) mass is 389 g/mol. The molecule has 0 unspecified atom stereocenters. The maximum atomic E-state index is 14.2. The summed E-state index contributed by atoms with van der Waals surface area (Å²) in [5, 5.41) is 15.4. The lowest BCUT2D eigenvalue weighted by Crippen LogP contribution is -2.40. The van der Waals surface area contributed by atoms with Crippen LogP contribution < -0.4 is 10.6 Å². The van der Waals surface area contributed by atoms with Crippen molar-refractivity contribution in [1.82, 2.24) is 10.3 Å². The third-order valence-electron chi connectivity index (χ3n) is 4.81. The van der Waals surface area contributed by atoms with Gasteiger partial charge in [-0.3, -0.25) is 9.59 Å². The van der Waals surface area contributed by atoms with Crippen LogP contribution in [0.3, 0.4) is 0 Å². The van der Waals surface area contributed by atoms with Gasteiger partial charge in [-0.25, -0.2) is 13.8 Å². The number of aromatic hydroxyl groups is 1. The number of hydrogen-bond acceptors (Lipinski definition) is 4. The van der Waals surface area contributed by atoms with Crippen molar-refractivity contribution < 1.29 is 23.5 Å². The first-order valence-corrected chi connectivity index (χ1v) is 9.06. The number of carbonyl (C=O) groups excluding carboxylic acids is 2. The van der Waals surface area contributed by atoms with E-state index in [1.165, 1.54) is 19.1 Å². The highest BCUT2D eigenvalue weighted by Gasteiger charge is 2.28. The molecule has 3 N–H and O–H groups in total. The summed E-state index contributed by atoms with van der Waals surface area (Å²) in [5.41, 5.74) is 0.0998. The Morgan fingerprint density at radius 1 is 1.18 bits per heavy atom. The lowest BCUT2D eigenvalue weighted by atomic mass is 9.85. The van der Waals surface area contributed by atoms with Crippen LogP contribution in [0.1, 0.15) is 32.6 Å². The van der Waals surface area contributed by atoms with E-state index >= 15 is 0 Å². The maximum absolute atomic E-state index is 14.2. The first-order valence-electron chi connectivity index (χ1n) is 9.06. The number of halogens is 2. The van der Waals surface area contributed by atoms with E-state index in [9.17, 15) is 23.5 Å². The minimum Gasteiger partial charge on any atom is -0.507 e. The molecule has 2 aromatic rings. The molecule has 0 radical (unpaired) electrons. The van der Waals surface area contributed by atoms with Gasteiger partial charge in [-0.05, 0) is 37.5 Å². The molecule has 1 heterocycles. The van der Waals surface area contributed by atoms with Gasteiger partial charge in [-0.2, -0.15) is 0 Å². The minimum absolute atomic E-state index is 0.00238. The molecule has 2 atom stereocenters. The zero-order valence-electron chi connectivity index (χ0n) is 15.3. The van der Waals surface area contributed by atoms with E-state index in [0.29, 0.717) is 12.8 Å². The van der Waals surface area contributed by atoms with Gasteiger partial charge in [0, 0.05) is 36.1 Å². The van der Waals surface area contributed by atoms with Crippen LogP contribution in [0.4, 0.5) is 14.6 Å². The van der Waals surface area contributed by atoms with Crippen LogP contribution in [-0.4, -0.2) is 27.9 Å². The van der Waals surface area contributed by atoms with Crippen LogP contribution in [0.5, 0.6) is 5.75 Å². The molecule has 0 bridgehead atoms. The predicted octanol–water partition coefficient (Wildman–Crippen LogP) is 3.37. The number of amides is 2. The third kappa shape index (κ3) is 4.62. The van der Waals surface area contributed by atoms with Crippen LogP contribution in [0.25, 0.3) is 11.1 Å². The fourth-order valence-corrected chi connectivity index (χ4v) is 3.52. The summed E-state index contributed by atoms with van der Waals surface area (Å²) in [6, 6.07) is 4.51. The smallest absolute Gasteiger partial charge is 0.228 e. The van der Waals surface area contributed by atoms with Crippen molar-refractivity contribution in [3.05, 3.63) is 42.1 Å². The summed E-state index contributed by atoms with van der Waals surface area (Å²) >= 11 is 0. The van der Waals surface area contributed by atoms with Crippen LogP contribution in [0.15, 0.2) is 30.5 Å². The zero-order valence-corrected chi connectivity index (χ0v) is 15.3. The van der Waals surface area contributed by atoms with Gasteiger partial charge < -0.3 is 15.7 Å². The quantitative estimate of drug-likeness (QED) is 0.748. The molecule has 2 amide bonds. The number of aromatic nitrogens is 1. The van der Waals surface area contributed by atoms with Crippen molar-refractivity contribution in [2.24, 2.45) is 5.92 Å². The molecule has 0 aliphatic heterocycles. The van der Waals surface area contributed by atoms with Gasteiger partial charge in [0.25, 0.3) is 0 Å². The average Bonchev–Trinajstić information content (AvgIpc) is 2.63. The molecule has 148 valence electrons. The number of phenolic OH excluding ortho intramolecular Hbond substituents is 1. The number of nitrogens with one attached hydrogen (secondary N) is 2. The van der Waals surface area contributed by atoms with Crippen LogP contribution in [-0.2, 0) is 9.59 Å². The third-order valence-corrected chi connectivity index (χ3v) is 4.81.